The summed E-state index contributed by atoms with van der Waals surface area (Å²) in [6.07, 6.45) is 1.93. The zero-order chi connectivity index (χ0) is 13.9. The van der Waals surface area contributed by atoms with Crippen LogP contribution in [-0.4, -0.2) is 35.2 Å². The second-order valence-corrected chi connectivity index (χ2v) is 6.71. The minimum atomic E-state index is -0.869. The lowest BCUT2D eigenvalue weighted by Crippen LogP contribution is -2.42. The first-order valence-electron chi connectivity index (χ1n) is 6.00. The van der Waals surface area contributed by atoms with E-state index in [0.29, 0.717) is 10.6 Å². The van der Waals surface area contributed by atoms with Gasteiger partial charge in [0.25, 0.3) is 5.91 Å². The first-order valence-corrected chi connectivity index (χ1v) is 8.21. The summed E-state index contributed by atoms with van der Waals surface area (Å²) in [5.41, 5.74) is -0.869. The van der Waals surface area contributed by atoms with E-state index in [2.05, 4.69) is 5.32 Å². The highest BCUT2D eigenvalue weighted by atomic mass is 32.2. The van der Waals surface area contributed by atoms with Gasteiger partial charge < -0.3 is 10.4 Å². The fourth-order valence-electron chi connectivity index (χ4n) is 1.81. The monoisotopic (exact) mass is 295 g/mol. The standard InChI is InChI=1S/C14H17NO2S2/c1-14(17,9-18-2)8-15-13(16)12-7-10-5-3-4-6-11(10)19-12/h3-7,17H,8-9H2,1-2H3,(H,15,16). The summed E-state index contributed by atoms with van der Waals surface area (Å²) >= 11 is 3.03. The molecule has 0 saturated carbocycles. The van der Waals surface area contributed by atoms with E-state index in [9.17, 15) is 9.90 Å². The number of carbonyl (C=O) groups is 1. The van der Waals surface area contributed by atoms with Gasteiger partial charge in [-0.15, -0.1) is 11.3 Å². The number of benzene rings is 1. The molecule has 2 aromatic rings. The van der Waals surface area contributed by atoms with Gasteiger partial charge in [0.15, 0.2) is 0 Å². The van der Waals surface area contributed by atoms with Crippen LogP contribution in [0.5, 0.6) is 0 Å². The molecule has 0 fully saturated rings. The van der Waals surface area contributed by atoms with Gasteiger partial charge >= 0.3 is 0 Å². The average molecular weight is 295 g/mol. The fourth-order valence-corrected chi connectivity index (χ4v) is 3.52. The summed E-state index contributed by atoms with van der Waals surface area (Å²) in [5.74, 6) is 0.474. The lowest BCUT2D eigenvalue weighted by Gasteiger charge is -2.22. The minimum absolute atomic E-state index is 0.123. The number of hydrogen-bond acceptors (Lipinski definition) is 4. The molecular weight excluding hydrogens is 278 g/mol. The van der Waals surface area contributed by atoms with Crippen molar-refractivity contribution in [2.24, 2.45) is 0 Å². The Morgan fingerprint density at radius 3 is 2.89 bits per heavy atom. The Morgan fingerprint density at radius 2 is 2.21 bits per heavy atom. The SMILES string of the molecule is CSCC(C)(O)CNC(=O)c1cc2ccccc2s1. The van der Waals surface area contributed by atoms with Crippen LogP contribution in [0.3, 0.4) is 0 Å². The first-order chi connectivity index (χ1) is 9.02. The number of carbonyl (C=O) groups excluding carboxylic acids is 1. The molecule has 0 aliphatic heterocycles. The highest BCUT2D eigenvalue weighted by molar-refractivity contribution is 7.98. The van der Waals surface area contributed by atoms with Crippen LogP contribution in [0.1, 0.15) is 16.6 Å². The lowest BCUT2D eigenvalue weighted by molar-refractivity contribution is 0.0727. The van der Waals surface area contributed by atoms with E-state index in [1.807, 2.05) is 36.6 Å². The van der Waals surface area contributed by atoms with Gasteiger partial charge in [-0.2, -0.15) is 11.8 Å². The number of amides is 1. The maximum absolute atomic E-state index is 12.0. The summed E-state index contributed by atoms with van der Waals surface area (Å²) in [7, 11) is 0. The third kappa shape index (κ3) is 3.72. The van der Waals surface area contributed by atoms with E-state index in [1.165, 1.54) is 11.3 Å². The van der Waals surface area contributed by atoms with Gasteiger partial charge in [-0.1, -0.05) is 18.2 Å². The summed E-state index contributed by atoms with van der Waals surface area (Å²) < 4.78 is 1.10. The molecule has 2 N–H and O–H groups in total. The van der Waals surface area contributed by atoms with Crippen LogP contribution >= 0.6 is 23.1 Å². The average Bonchev–Trinajstić information content (AvgIpc) is 2.79. The van der Waals surface area contributed by atoms with Crippen molar-refractivity contribution in [1.82, 2.24) is 5.32 Å². The van der Waals surface area contributed by atoms with Gasteiger partial charge in [0, 0.05) is 17.0 Å². The second-order valence-electron chi connectivity index (χ2n) is 4.76. The van der Waals surface area contributed by atoms with Crippen molar-refractivity contribution in [3.63, 3.8) is 0 Å². The predicted molar refractivity (Wildman–Crippen MR) is 83.2 cm³/mol. The highest BCUT2D eigenvalue weighted by Crippen LogP contribution is 2.25. The second kappa shape index (κ2) is 5.94. The van der Waals surface area contributed by atoms with E-state index in [4.69, 9.17) is 0 Å². The Labute approximate surface area is 121 Å². The van der Waals surface area contributed by atoms with Crippen molar-refractivity contribution < 1.29 is 9.90 Å². The molecular formula is C14H17NO2S2. The maximum Gasteiger partial charge on any atom is 0.261 e. The van der Waals surface area contributed by atoms with Crippen molar-refractivity contribution in [1.29, 1.82) is 0 Å². The molecule has 102 valence electrons. The number of hydrogen-bond donors (Lipinski definition) is 2. The van der Waals surface area contributed by atoms with Gasteiger partial charge in [0.1, 0.15) is 0 Å². The van der Waals surface area contributed by atoms with Crippen LogP contribution in [0.25, 0.3) is 10.1 Å². The van der Waals surface area contributed by atoms with Gasteiger partial charge in [0.2, 0.25) is 0 Å². The van der Waals surface area contributed by atoms with Crippen molar-refractivity contribution in [2.75, 3.05) is 18.6 Å². The van der Waals surface area contributed by atoms with Crippen LogP contribution in [0.2, 0.25) is 0 Å². The van der Waals surface area contributed by atoms with Gasteiger partial charge in [0.05, 0.1) is 10.5 Å². The topological polar surface area (TPSA) is 49.3 Å². The molecule has 0 bridgehead atoms. The molecule has 0 saturated heterocycles. The summed E-state index contributed by atoms with van der Waals surface area (Å²) in [6.45, 7) is 2.00. The van der Waals surface area contributed by atoms with E-state index in [1.54, 1.807) is 18.7 Å². The largest absolute Gasteiger partial charge is 0.387 e. The molecule has 1 aromatic heterocycles. The molecule has 3 nitrogen and oxygen atoms in total. The third-order valence-electron chi connectivity index (χ3n) is 2.73. The van der Waals surface area contributed by atoms with Crippen LogP contribution in [0.4, 0.5) is 0 Å². The number of nitrogens with one attached hydrogen (secondary N) is 1. The van der Waals surface area contributed by atoms with Crippen molar-refractivity contribution in [3.8, 4) is 0 Å². The molecule has 1 amide bonds. The molecule has 2 rings (SSSR count). The van der Waals surface area contributed by atoms with Gasteiger partial charge in [-0.05, 0) is 30.7 Å². The number of thiophene rings is 1. The molecule has 0 aliphatic rings. The molecule has 0 radical (unpaired) electrons. The fraction of sp³-hybridized carbons (Fsp3) is 0.357. The molecule has 19 heavy (non-hydrogen) atoms. The minimum Gasteiger partial charge on any atom is -0.387 e. The third-order valence-corrected chi connectivity index (χ3v) is 4.76. The molecule has 0 spiro atoms. The Morgan fingerprint density at radius 1 is 1.47 bits per heavy atom. The summed E-state index contributed by atoms with van der Waals surface area (Å²) in [4.78, 5) is 12.7. The quantitative estimate of drug-likeness (QED) is 0.892. The van der Waals surface area contributed by atoms with Gasteiger partial charge in [-0.25, -0.2) is 0 Å². The normalized spacial score (nSPS) is 14.3. The molecule has 0 aliphatic carbocycles. The molecule has 5 heteroatoms. The maximum atomic E-state index is 12.0. The van der Waals surface area contributed by atoms with Crippen molar-refractivity contribution in [2.45, 2.75) is 12.5 Å². The van der Waals surface area contributed by atoms with Crippen molar-refractivity contribution >= 4 is 39.1 Å². The van der Waals surface area contributed by atoms with Crippen LogP contribution in [0, 0.1) is 0 Å². The van der Waals surface area contributed by atoms with Gasteiger partial charge in [-0.3, -0.25) is 4.79 Å². The number of fused-ring (bicyclic) bond motifs is 1. The molecule has 1 unspecified atom stereocenters. The highest BCUT2D eigenvalue weighted by Gasteiger charge is 2.21. The Bertz CT molecular complexity index is 545. The Hall–Kier alpha value is -1.04. The van der Waals surface area contributed by atoms with E-state index < -0.39 is 5.60 Å². The molecule has 1 aromatic carbocycles. The smallest absolute Gasteiger partial charge is 0.261 e. The van der Waals surface area contributed by atoms with E-state index in [0.717, 1.165) is 10.1 Å². The zero-order valence-corrected chi connectivity index (χ0v) is 12.6. The number of thioether (sulfide) groups is 1. The summed E-state index contributed by atoms with van der Waals surface area (Å²) in [6, 6.07) is 9.80. The first kappa shape index (κ1) is 14.4. The van der Waals surface area contributed by atoms with Crippen molar-refractivity contribution in [3.05, 3.63) is 35.2 Å². The Kier molecular flexibility index (Phi) is 4.50. The van der Waals surface area contributed by atoms with Crippen LogP contribution < -0.4 is 5.32 Å². The Balaban J connectivity index is 2.04. The van der Waals surface area contributed by atoms with Crippen LogP contribution in [-0.2, 0) is 0 Å². The van der Waals surface area contributed by atoms with E-state index >= 15 is 0 Å². The predicted octanol–water partition coefficient (Wildman–Crippen LogP) is 2.75. The van der Waals surface area contributed by atoms with E-state index in [-0.39, 0.29) is 12.5 Å². The zero-order valence-electron chi connectivity index (χ0n) is 11.0. The molecule has 1 heterocycles. The number of aliphatic hydroxyl groups is 1. The lowest BCUT2D eigenvalue weighted by atomic mass is 10.1. The number of rotatable bonds is 5. The molecule has 1 atom stereocenters. The van der Waals surface area contributed by atoms with Crippen LogP contribution in [0.15, 0.2) is 30.3 Å². The summed E-state index contributed by atoms with van der Waals surface area (Å²) in [5, 5.41) is 13.9.